The van der Waals surface area contributed by atoms with Gasteiger partial charge in [-0.15, -0.1) is 0 Å². The molecule has 0 spiro atoms. The number of aliphatic hydroxyl groups is 1. The van der Waals surface area contributed by atoms with Crippen LogP contribution in [-0.4, -0.2) is 68.5 Å². The van der Waals surface area contributed by atoms with Crippen molar-refractivity contribution in [3.05, 3.63) is 85.1 Å². The van der Waals surface area contributed by atoms with Gasteiger partial charge in [0.05, 0.1) is 39.9 Å². The smallest absolute Gasteiger partial charge is 0.268 e. The van der Waals surface area contributed by atoms with Crippen molar-refractivity contribution < 1.29 is 32.9 Å². The van der Waals surface area contributed by atoms with Gasteiger partial charge in [0.25, 0.3) is 7.82 Å². The molecule has 0 radical (unpaired) electrons. The van der Waals surface area contributed by atoms with Crippen LogP contribution in [0.25, 0.3) is 0 Å². The molecule has 93 heavy (non-hydrogen) atoms. The molecule has 8 nitrogen and oxygen atoms in total. The van der Waals surface area contributed by atoms with Crippen LogP contribution in [0.2, 0.25) is 0 Å². The number of aliphatic hydroxyl groups excluding tert-OH is 1. The van der Waals surface area contributed by atoms with E-state index in [0.717, 1.165) is 70.6 Å². The third kappa shape index (κ3) is 76.9. The van der Waals surface area contributed by atoms with Gasteiger partial charge in [-0.2, -0.15) is 0 Å². The summed E-state index contributed by atoms with van der Waals surface area (Å²) in [5.74, 6) is -0.200. The van der Waals surface area contributed by atoms with Crippen molar-refractivity contribution in [2.75, 3.05) is 40.9 Å². The lowest BCUT2D eigenvalue weighted by Gasteiger charge is -2.29. The van der Waals surface area contributed by atoms with Crippen LogP contribution in [0.15, 0.2) is 85.1 Å². The Kier molecular flexibility index (Phi) is 72.1. The molecule has 9 heteroatoms. The molecule has 0 aliphatic rings. The minimum atomic E-state index is -4.62. The highest BCUT2D eigenvalue weighted by Crippen LogP contribution is 2.38. The number of phosphoric ester groups is 1. The Labute approximate surface area is 579 Å². The largest absolute Gasteiger partial charge is 0.756 e. The molecule has 3 atom stereocenters. The van der Waals surface area contributed by atoms with E-state index in [2.05, 4.69) is 92.1 Å². The summed E-state index contributed by atoms with van der Waals surface area (Å²) in [6.45, 7) is 4.57. The molecule has 3 unspecified atom stereocenters. The predicted molar refractivity (Wildman–Crippen MR) is 408 cm³/mol. The fraction of sp³-hybridized carbons (Fsp3) is 0.821. The number of phosphoric acid groups is 1. The van der Waals surface area contributed by atoms with Crippen molar-refractivity contribution in [3.8, 4) is 0 Å². The Hall–Kier alpha value is -2.32. The zero-order chi connectivity index (χ0) is 67.6. The Morgan fingerprint density at radius 3 is 1.00 bits per heavy atom. The second kappa shape index (κ2) is 73.9. The summed E-state index contributed by atoms with van der Waals surface area (Å²) < 4.78 is 23.5. The molecule has 0 saturated carbocycles. The molecule has 0 bridgehead atoms. The highest BCUT2D eigenvalue weighted by Gasteiger charge is 2.23. The monoisotopic (exact) mass is 1320 g/mol. The van der Waals surface area contributed by atoms with E-state index in [1.807, 2.05) is 27.2 Å². The second-order valence-corrected chi connectivity index (χ2v) is 30.1. The summed E-state index contributed by atoms with van der Waals surface area (Å²) in [7, 11) is 1.26. The predicted octanol–water partition coefficient (Wildman–Crippen LogP) is 26.0. The Bertz CT molecular complexity index is 1800. The molecule has 0 saturated heterocycles. The highest BCUT2D eigenvalue weighted by molar-refractivity contribution is 7.45. The molecule has 0 aliphatic heterocycles. The normalized spacial score (nSPS) is 13.9. The van der Waals surface area contributed by atoms with E-state index < -0.39 is 26.6 Å². The van der Waals surface area contributed by atoms with Crippen molar-refractivity contribution in [1.29, 1.82) is 0 Å². The van der Waals surface area contributed by atoms with E-state index in [-0.39, 0.29) is 12.5 Å². The number of hydrogen-bond donors (Lipinski definition) is 2. The van der Waals surface area contributed by atoms with E-state index in [9.17, 15) is 19.4 Å². The number of rotatable bonds is 75. The highest BCUT2D eigenvalue weighted by atomic mass is 31.2. The average Bonchev–Trinajstić information content (AvgIpc) is 2.75. The maximum absolute atomic E-state index is 13.1. The van der Waals surface area contributed by atoms with Gasteiger partial charge in [-0.1, -0.05) is 394 Å². The van der Waals surface area contributed by atoms with E-state index >= 15 is 0 Å². The molecule has 0 aromatic heterocycles. The van der Waals surface area contributed by atoms with Gasteiger partial charge in [0.15, 0.2) is 0 Å². The summed E-state index contributed by atoms with van der Waals surface area (Å²) in [4.78, 5) is 25.7. The van der Waals surface area contributed by atoms with Crippen LogP contribution in [-0.2, 0) is 18.4 Å². The number of amides is 1. The molecule has 0 heterocycles. The van der Waals surface area contributed by atoms with Crippen LogP contribution in [0.4, 0.5) is 0 Å². The number of likely N-dealkylation sites (N-methyl/N-ethyl adjacent to an activating group) is 1. The lowest BCUT2D eigenvalue weighted by molar-refractivity contribution is -0.870. The minimum absolute atomic E-state index is 0.00608. The lowest BCUT2D eigenvalue weighted by Crippen LogP contribution is -2.45. The molecule has 0 aromatic rings. The first-order valence-electron chi connectivity index (χ1n) is 40.4. The molecule has 0 aromatic carbocycles. The fourth-order valence-corrected chi connectivity index (χ4v) is 12.9. The van der Waals surface area contributed by atoms with Crippen LogP contribution < -0.4 is 10.2 Å². The topological polar surface area (TPSA) is 108 Å². The molecule has 0 rings (SSSR count). The number of nitrogens with one attached hydrogen (secondary N) is 1. The molecule has 544 valence electrons. The van der Waals surface area contributed by atoms with E-state index in [1.165, 1.54) is 302 Å². The summed E-state index contributed by atoms with van der Waals surface area (Å²) in [5.41, 5.74) is 0. The van der Waals surface area contributed by atoms with Crippen molar-refractivity contribution in [2.24, 2.45) is 0 Å². The van der Waals surface area contributed by atoms with Crippen molar-refractivity contribution in [3.63, 3.8) is 0 Å². The van der Waals surface area contributed by atoms with Crippen LogP contribution in [0.3, 0.4) is 0 Å². The molecular weight excluding hydrogens is 1160 g/mol. The maximum atomic E-state index is 13.1. The Balaban J connectivity index is 3.96. The van der Waals surface area contributed by atoms with E-state index in [4.69, 9.17) is 9.05 Å². The molecular formula is C84H157N2O6P. The first-order valence-corrected chi connectivity index (χ1v) is 41.9. The summed E-state index contributed by atoms with van der Waals surface area (Å²) in [6.07, 6.45) is 106. The van der Waals surface area contributed by atoms with Gasteiger partial charge in [-0.3, -0.25) is 9.36 Å². The van der Waals surface area contributed by atoms with Gasteiger partial charge >= 0.3 is 0 Å². The third-order valence-corrected chi connectivity index (χ3v) is 19.3. The molecule has 0 fully saturated rings. The standard InChI is InChI=1S/C84H157N2O6P/c1-6-8-10-12-14-16-18-20-22-24-26-28-30-32-34-36-38-39-40-41-42-43-44-45-46-47-48-50-52-54-56-58-60-62-64-66-68-70-72-74-76-78-84(88)85-82(81-92-93(89,90)91-80-79-86(3,4)5)83(87)77-75-73-71-69-67-65-63-61-59-57-55-53-51-49-37-35-33-31-29-27-25-23-21-19-17-15-13-11-9-7-2/h8,10,14,16,20,22,26,28,32,34,67,69,75,77,82-83,87H,6-7,9,11-13,15,17-19,21,23-25,27,29-31,33,35-66,68,70-74,76,78-81H2,1-5H3,(H-,85,88,89,90)/b10-8-,16-14-,22-20-,28-26-,34-32-,69-67+,77-75+. The van der Waals surface area contributed by atoms with E-state index in [1.54, 1.807) is 6.08 Å². The van der Waals surface area contributed by atoms with Crippen molar-refractivity contribution >= 4 is 13.7 Å². The lowest BCUT2D eigenvalue weighted by atomic mass is 10.0. The second-order valence-electron chi connectivity index (χ2n) is 28.7. The van der Waals surface area contributed by atoms with Crippen molar-refractivity contribution in [2.45, 2.75) is 405 Å². The summed E-state index contributed by atoms with van der Waals surface area (Å²) in [5, 5.41) is 14.0. The summed E-state index contributed by atoms with van der Waals surface area (Å²) >= 11 is 0. The average molecular weight is 1320 g/mol. The van der Waals surface area contributed by atoms with Gasteiger partial charge in [0.2, 0.25) is 5.91 Å². The number of carbonyl (C=O) groups excluding carboxylic acids is 1. The number of hydrogen-bond acceptors (Lipinski definition) is 6. The zero-order valence-electron chi connectivity index (χ0n) is 62.5. The van der Waals surface area contributed by atoms with Crippen LogP contribution in [0, 0.1) is 0 Å². The maximum Gasteiger partial charge on any atom is 0.268 e. The number of allylic oxidation sites excluding steroid dienone is 13. The van der Waals surface area contributed by atoms with Crippen LogP contribution in [0.1, 0.15) is 393 Å². The molecule has 2 N–H and O–H groups in total. The zero-order valence-corrected chi connectivity index (χ0v) is 63.4. The van der Waals surface area contributed by atoms with Crippen LogP contribution >= 0.6 is 7.82 Å². The molecule has 0 aliphatic carbocycles. The third-order valence-electron chi connectivity index (χ3n) is 18.3. The first kappa shape index (κ1) is 90.7. The van der Waals surface area contributed by atoms with Gasteiger partial charge in [0, 0.05) is 6.42 Å². The first-order chi connectivity index (χ1) is 45.5. The van der Waals surface area contributed by atoms with Gasteiger partial charge in [0.1, 0.15) is 13.2 Å². The van der Waals surface area contributed by atoms with Crippen LogP contribution in [0.5, 0.6) is 0 Å². The number of quaternary nitrogens is 1. The Morgan fingerprint density at radius 1 is 0.387 bits per heavy atom. The molecule has 1 amide bonds. The number of nitrogens with zero attached hydrogens (tertiary/aromatic N) is 1. The number of unbranched alkanes of at least 4 members (excludes halogenated alkanes) is 50. The summed E-state index contributed by atoms with van der Waals surface area (Å²) in [6, 6.07) is -0.907. The van der Waals surface area contributed by atoms with Gasteiger partial charge in [-0.25, -0.2) is 0 Å². The van der Waals surface area contributed by atoms with Gasteiger partial charge < -0.3 is 28.8 Å². The van der Waals surface area contributed by atoms with Gasteiger partial charge in [-0.05, 0) is 77.0 Å². The Morgan fingerprint density at radius 2 is 0.667 bits per heavy atom. The van der Waals surface area contributed by atoms with E-state index in [0.29, 0.717) is 17.4 Å². The minimum Gasteiger partial charge on any atom is -0.756 e. The van der Waals surface area contributed by atoms with Crippen molar-refractivity contribution in [1.82, 2.24) is 5.32 Å². The fourth-order valence-electron chi connectivity index (χ4n) is 12.1. The number of carbonyl (C=O) groups is 1. The quantitative estimate of drug-likeness (QED) is 0.0272. The SMILES string of the molecule is CC/C=C\C/C=C\C/C=C\C/C=C\C/C=C\CCCCCCCCCCCCCCCCCCCCCCCCCCCC(=O)NC(COP(=O)([O-])OCC[N+](C)(C)C)C(O)/C=C/CC/C=C/CCCCCCCCCCCCCCCCCCCCCCCCCC.